The van der Waals surface area contributed by atoms with Gasteiger partial charge in [-0.1, -0.05) is 12.8 Å². The van der Waals surface area contributed by atoms with Gasteiger partial charge in [-0.2, -0.15) is 0 Å². The lowest BCUT2D eigenvalue weighted by atomic mass is 10.2. The van der Waals surface area contributed by atoms with E-state index in [0.29, 0.717) is 18.7 Å². The molecule has 2 rings (SSSR count). The van der Waals surface area contributed by atoms with Crippen LogP contribution in [0.25, 0.3) is 0 Å². The number of amides is 1. The lowest BCUT2D eigenvalue weighted by Crippen LogP contribution is -2.41. The van der Waals surface area contributed by atoms with Crippen molar-refractivity contribution >= 4 is 11.9 Å². The lowest BCUT2D eigenvalue weighted by Gasteiger charge is -2.19. The maximum Gasteiger partial charge on any atom is 0.252 e. The quantitative estimate of drug-likeness (QED) is 0.348. The number of rotatable bonds is 9. The fourth-order valence-corrected chi connectivity index (χ4v) is 3.14. The minimum atomic E-state index is -0.107. The van der Waals surface area contributed by atoms with Crippen molar-refractivity contribution in [3.05, 3.63) is 30.1 Å². The molecule has 1 fully saturated rings. The van der Waals surface area contributed by atoms with Crippen LogP contribution in [0.5, 0.6) is 0 Å². The second-order valence-corrected chi connectivity index (χ2v) is 6.79. The molecule has 1 saturated heterocycles. The Morgan fingerprint density at radius 2 is 1.93 bits per heavy atom. The van der Waals surface area contributed by atoms with Gasteiger partial charge in [-0.05, 0) is 58.0 Å². The van der Waals surface area contributed by atoms with E-state index < -0.39 is 0 Å². The van der Waals surface area contributed by atoms with E-state index in [9.17, 15) is 4.79 Å². The number of hydrogen-bond acceptors (Lipinski definition) is 4. The average Bonchev–Trinajstić information content (AvgIpc) is 2.97. The van der Waals surface area contributed by atoms with E-state index in [1.807, 2.05) is 0 Å². The van der Waals surface area contributed by atoms with Crippen LogP contribution in [0.15, 0.2) is 29.5 Å². The summed E-state index contributed by atoms with van der Waals surface area (Å²) in [5.74, 6) is 0.702. The first-order chi connectivity index (χ1) is 13.3. The van der Waals surface area contributed by atoms with Crippen LogP contribution in [0, 0.1) is 0 Å². The predicted octanol–water partition coefficient (Wildman–Crippen LogP) is 1.63. The molecule has 1 amide bonds. The zero-order valence-electron chi connectivity index (χ0n) is 16.5. The number of nitrogens with one attached hydrogen (secondary N) is 3. The van der Waals surface area contributed by atoms with Gasteiger partial charge in [0, 0.05) is 38.6 Å². The summed E-state index contributed by atoms with van der Waals surface area (Å²) in [6.07, 6.45) is 9.72. The summed E-state index contributed by atoms with van der Waals surface area (Å²) in [5.41, 5.74) is 0.576. The van der Waals surface area contributed by atoms with Gasteiger partial charge in [0.15, 0.2) is 5.96 Å². The monoisotopic (exact) mass is 374 g/mol. The fourth-order valence-electron chi connectivity index (χ4n) is 3.14. The fraction of sp³-hybridized carbons (Fsp3) is 0.650. The van der Waals surface area contributed by atoms with Crippen molar-refractivity contribution in [2.24, 2.45) is 4.99 Å². The number of guanidine groups is 1. The molecule has 0 unspecified atom stereocenters. The minimum absolute atomic E-state index is 0.107. The van der Waals surface area contributed by atoms with Crippen molar-refractivity contribution in [3.63, 3.8) is 0 Å². The molecule has 3 N–H and O–H groups in total. The molecule has 0 atom stereocenters. The summed E-state index contributed by atoms with van der Waals surface area (Å²) in [5, 5.41) is 9.41. The number of aliphatic imine (C=N–C) groups is 1. The molecule has 7 heteroatoms. The third kappa shape index (κ3) is 8.86. The summed E-state index contributed by atoms with van der Waals surface area (Å²) >= 11 is 0. The highest BCUT2D eigenvalue weighted by molar-refractivity contribution is 5.93. The molecule has 1 aliphatic rings. The highest BCUT2D eigenvalue weighted by atomic mass is 16.1. The van der Waals surface area contributed by atoms with Crippen molar-refractivity contribution in [3.8, 4) is 0 Å². The molecule has 150 valence electrons. The number of aromatic nitrogens is 1. The van der Waals surface area contributed by atoms with Crippen molar-refractivity contribution in [2.75, 3.05) is 45.8 Å². The van der Waals surface area contributed by atoms with E-state index in [1.54, 1.807) is 24.5 Å². The van der Waals surface area contributed by atoms with Crippen LogP contribution in [0.4, 0.5) is 0 Å². The minimum Gasteiger partial charge on any atom is -0.357 e. The molecule has 1 aliphatic heterocycles. The number of nitrogens with zero attached hydrogens (tertiary/aromatic N) is 3. The molecule has 7 nitrogen and oxygen atoms in total. The average molecular weight is 375 g/mol. The van der Waals surface area contributed by atoms with Gasteiger partial charge in [-0.15, -0.1) is 0 Å². The van der Waals surface area contributed by atoms with Gasteiger partial charge in [-0.3, -0.25) is 14.8 Å². The zero-order valence-corrected chi connectivity index (χ0v) is 16.5. The molecule has 0 aromatic carbocycles. The number of carbonyl (C=O) groups is 1. The van der Waals surface area contributed by atoms with E-state index in [1.165, 1.54) is 38.8 Å². The van der Waals surface area contributed by atoms with Gasteiger partial charge in [0.05, 0.1) is 5.56 Å². The summed E-state index contributed by atoms with van der Waals surface area (Å²) in [7, 11) is 0. The molecule has 0 radical (unpaired) electrons. The summed E-state index contributed by atoms with van der Waals surface area (Å²) in [6, 6.07) is 3.51. The molecule has 0 bridgehead atoms. The van der Waals surface area contributed by atoms with E-state index >= 15 is 0 Å². The Balaban J connectivity index is 1.63. The standard InChI is InChI=1S/C20H34N6O/c1-2-22-20(24-11-8-16-26-14-5-3-4-6-15-26)25-13-12-23-19(27)18-9-7-10-21-17-18/h7,9-10,17H,2-6,8,11-16H2,1H3,(H,23,27)(H2,22,24,25). The number of likely N-dealkylation sites (tertiary alicyclic amines) is 1. The second-order valence-electron chi connectivity index (χ2n) is 6.79. The number of pyridine rings is 1. The first-order valence-corrected chi connectivity index (χ1v) is 10.2. The van der Waals surface area contributed by atoms with Gasteiger partial charge < -0.3 is 20.9 Å². The Kier molecular flexibility index (Phi) is 10.3. The van der Waals surface area contributed by atoms with Crippen LogP contribution in [0.3, 0.4) is 0 Å². The summed E-state index contributed by atoms with van der Waals surface area (Å²) in [6.45, 7) is 8.45. The lowest BCUT2D eigenvalue weighted by molar-refractivity contribution is 0.0954. The topological polar surface area (TPSA) is 81.7 Å². The largest absolute Gasteiger partial charge is 0.357 e. The molecule has 0 saturated carbocycles. The molecule has 1 aromatic heterocycles. The highest BCUT2D eigenvalue weighted by Crippen LogP contribution is 2.09. The smallest absolute Gasteiger partial charge is 0.252 e. The van der Waals surface area contributed by atoms with Gasteiger partial charge in [0.2, 0.25) is 0 Å². The van der Waals surface area contributed by atoms with Gasteiger partial charge in [-0.25, -0.2) is 0 Å². The normalized spacial score (nSPS) is 15.8. The van der Waals surface area contributed by atoms with Gasteiger partial charge in [0.25, 0.3) is 5.91 Å². The van der Waals surface area contributed by atoms with Crippen molar-refractivity contribution in [2.45, 2.75) is 39.0 Å². The Morgan fingerprint density at radius 1 is 1.15 bits per heavy atom. The van der Waals surface area contributed by atoms with E-state index in [2.05, 4.69) is 37.8 Å². The summed E-state index contributed by atoms with van der Waals surface area (Å²) in [4.78, 5) is 23.1. The molecule has 0 spiro atoms. The van der Waals surface area contributed by atoms with E-state index in [-0.39, 0.29) is 5.91 Å². The Labute approximate surface area is 163 Å². The van der Waals surface area contributed by atoms with Crippen LogP contribution in [-0.2, 0) is 0 Å². The first-order valence-electron chi connectivity index (χ1n) is 10.2. The third-order valence-electron chi connectivity index (χ3n) is 4.57. The number of hydrogen-bond donors (Lipinski definition) is 3. The molecule has 27 heavy (non-hydrogen) atoms. The van der Waals surface area contributed by atoms with Crippen LogP contribution in [0.2, 0.25) is 0 Å². The third-order valence-corrected chi connectivity index (χ3v) is 4.57. The van der Waals surface area contributed by atoms with E-state index in [4.69, 9.17) is 0 Å². The summed E-state index contributed by atoms with van der Waals surface area (Å²) < 4.78 is 0. The predicted molar refractivity (Wildman–Crippen MR) is 110 cm³/mol. The zero-order chi connectivity index (χ0) is 19.2. The molecular formula is C20H34N6O. The van der Waals surface area contributed by atoms with Crippen molar-refractivity contribution in [1.29, 1.82) is 0 Å². The Hall–Kier alpha value is -2.15. The first kappa shape index (κ1) is 21.2. The molecule has 0 aliphatic carbocycles. The maximum atomic E-state index is 12.0. The van der Waals surface area contributed by atoms with Gasteiger partial charge in [0.1, 0.15) is 0 Å². The second kappa shape index (κ2) is 13.1. The van der Waals surface area contributed by atoms with Crippen LogP contribution < -0.4 is 16.0 Å². The molecule has 1 aromatic rings. The van der Waals surface area contributed by atoms with Gasteiger partial charge >= 0.3 is 0 Å². The van der Waals surface area contributed by atoms with Crippen LogP contribution >= 0.6 is 0 Å². The molecular weight excluding hydrogens is 340 g/mol. The van der Waals surface area contributed by atoms with Crippen molar-refractivity contribution < 1.29 is 4.79 Å². The van der Waals surface area contributed by atoms with Crippen LogP contribution in [0.1, 0.15) is 49.4 Å². The van der Waals surface area contributed by atoms with Crippen molar-refractivity contribution in [1.82, 2.24) is 25.8 Å². The van der Waals surface area contributed by atoms with Crippen LogP contribution in [-0.4, -0.2) is 67.6 Å². The Bertz CT molecular complexity index is 555. The highest BCUT2D eigenvalue weighted by Gasteiger charge is 2.08. The van der Waals surface area contributed by atoms with E-state index in [0.717, 1.165) is 32.0 Å². The Morgan fingerprint density at radius 3 is 2.63 bits per heavy atom. The maximum absolute atomic E-state index is 12.0. The SMILES string of the molecule is CCNC(=NCCCN1CCCCCC1)NCCNC(=O)c1cccnc1. The number of carbonyl (C=O) groups excluding carboxylic acids is 1. The molecule has 2 heterocycles.